The monoisotopic (exact) mass is 351 g/mol. The van der Waals surface area contributed by atoms with Crippen LogP contribution in [0.5, 0.6) is 0 Å². The van der Waals surface area contributed by atoms with Gasteiger partial charge in [-0.05, 0) is 61.3 Å². The molecule has 0 aliphatic carbocycles. The van der Waals surface area contributed by atoms with Crippen molar-refractivity contribution in [1.82, 2.24) is 25.8 Å². The molecule has 26 heavy (non-hydrogen) atoms. The highest BCUT2D eigenvalue weighted by Crippen LogP contribution is 2.33. The van der Waals surface area contributed by atoms with E-state index in [1.807, 2.05) is 12.1 Å². The zero-order valence-corrected chi connectivity index (χ0v) is 14.5. The number of nitrogens with one attached hydrogen (secondary N) is 3. The molecule has 1 unspecified atom stereocenters. The van der Waals surface area contributed by atoms with Gasteiger partial charge in [0.15, 0.2) is 0 Å². The molecule has 1 fully saturated rings. The third-order valence-electron chi connectivity index (χ3n) is 4.79. The van der Waals surface area contributed by atoms with E-state index in [1.165, 1.54) is 25.0 Å². The van der Waals surface area contributed by atoms with Gasteiger partial charge in [-0.1, -0.05) is 0 Å². The molecule has 1 aromatic carbocycles. The minimum Gasteiger partial charge on any atom is -0.315 e. The number of H-pyrrole nitrogens is 1. The second-order valence-corrected chi connectivity index (χ2v) is 6.59. The molecule has 0 amide bonds. The molecule has 1 aliphatic heterocycles. The standard InChI is InChI=1S/C20H22FN5/c21-16-5-3-15(4-6-16)20-19(14-7-10-22-11-8-14)18(25-26-20)13-24-17-2-1-9-23-12-17/h3-8,10-11,17,23-24H,1-2,9,12-13H2,(H,25,26). The first kappa shape index (κ1) is 16.9. The van der Waals surface area contributed by atoms with Gasteiger partial charge in [-0.2, -0.15) is 5.10 Å². The first-order valence-corrected chi connectivity index (χ1v) is 8.99. The number of nitrogens with zero attached hydrogens (tertiary/aromatic N) is 2. The Morgan fingerprint density at radius 3 is 2.62 bits per heavy atom. The van der Waals surface area contributed by atoms with Crippen LogP contribution >= 0.6 is 0 Å². The van der Waals surface area contributed by atoms with Gasteiger partial charge in [0.25, 0.3) is 0 Å². The van der Waals surface area contributed by atoms with E-state index in [4.69, 9.17) is 0 Å². The van der Waals surface area contributed by atoms with Crippen molar-refractivity contribution in [3.8, 4) is 22.4 Å². The van der Waals surface area contributed by atoms with Crippen molar-refractivity contribution in [2.24, 2.45) is 0 Å². The van der Waals surface area contributed by atoms with Crippen LogP contribution in [0, 0.1) is 5.82 Å². The van der Waals surface area contributed by atoms with Gasteiger partial charge < -0.3 is 10.6 Å². The van der Waals surface area contributed by atoms with Crippen molar-refractivity contribution in [2.45, 2.75) is 25.4 Å². The largest absolute Gasteiger partial charge is 0.315 e. The topological polar surface area (TPSA) is 65.6 Å². The van der Waals surface area contributed by atoms with Crippen LogP contribution in [0.1, 0.15) is 18.5 Å². The second kappa shape index (κ2) is 7.76. The van der Waals surface area contributed by atoms with Crippen molar-refractivity contribution in [3.05, 3.63) is 60.3 Å². The molecule has 1 aliphatic rings. The number of halogens is 1. The maximum atomic E-state index is 13.3. The Morgan fingerprint density at radius 1 is 1.08 bits per heavy atom. The van der Waals surface area contributed by atoms with Crippen LogP contribution in [-0.4, -0.2) is 34.3 Å². The van der Waals surface area contributed by atoms with E-state index in [2.05, 4.69) is 25.8 Å². The molecule has 2 aromatic heterocycles. The van der Waals surface area contributed by atoms with Crippen LogP contribution in [0.15, 0.2) is 48.8 Å². The van der Waals surface area contributed by atoms with E-state index < -0.39 is 0 Å². The molecule has 4 rings (SSSR count). The molecular formula is C20H22FN5. The van der Waals surface area contributed by atoms with Crippen LogP contribution in [0.4, 0.5) is 4.39 Å². The predicted molar refractivity (Wildman–Crippen MR) is 99.9 cm³/mol. The van der Waals surface area contributed by atoms with Crippen LogP contribution in [0.3, 0.4) is 0 Å². The fraction of sp³-hybridized carbons (Fsp3) is 0.300. The van der Waals surface area contributed by atoms with E-state index in [-0.39, 0.29) is 5.82 Å². The number of hydrogen-bond acceptors (Lipinski definition) is 4. The molecular weight excluding hydrogens is 329 g/mol. The summed E-state index contributed by atoms with van der Waals surface area (Å²) in [5.74, 6) is -0.249. The predicted octanol–water partition coefficient (Wildman–Crippen LogP) is 3.12. The summed E-state index contributed by atoms with van der Waals surface area (Å²) in [6, 6.07) is 10.9. The Labute approximate surface area is 152 Å². The first-order valence-electron chi connectivity index (χ1n) is 8.99. The van der Waals surface area contributed by atoms with Crippen LogP contribution in [0.25, 0.3) is 22.4 Å². The molecule has 0 radical (unpaired) electrons. The zero-order valence-electron chi connectivity index (χ0n) is 14.5. The molecule has 1 saturated heterocycles. The van der Waals surface area contributed by atoms with Crippen LogP contribution < -0.4 is 10.6 Å². The minimum absolute atomic E-state index is 0.249. The summed E-state index contributed by atoms with van der Waals surface area (Å²) in [4.78, 5) is 4.11. The lowest BCUT2D eigenvalue weighted by Crippen LogP contribution is -2.42. The van der Waals surface area contributed by atoms with E-state index in [0.29, 0.717) is 12.6 Å². The van der Waals surface area contributed by atoms with Gasteiger partial charge >= 0.3 is 0 Å². The Kier molecular flexibility index (Phi) is 5.04. The van der Waals surface area contributed by atoms with Gasteiger partial charge in [-0.15, -0.1) is 0 Å². The molecule has 134 valence electrons. The summed E-state index contributed by atoms with van der Waals surface area (Å²) in [5.41, 5.74) is 4.83. The lowest BCUT2D eigenvalue weighted by molar-refractivity contribution is 0.387. The van der Waals surface area contributed by atoms with Gasteiger partial charge in [0.05, 0.1) is 5.69 Å². The Hall–Kier alpha value is -2.57. The molecule has 3 N–H and O–H groups in total. The number of aromatic amines is 1. The van der Waals surface area contributed by atoms with Gasteiger partial charge in [0, 0.05) is 42.7 Å². The Bertz CT molecular complexity index is 838. The minimum atomic E-state index is -0.249. The summed E-state index contributed by atoms with van der Waals surface area (Å²) in [6.07, 6.45) is 5.92. The number of rotatable bonds is 5. The fourth-order valence-corrected chi connectivity index (χ4v) is 3.42. The molecule has 3 heterocycles. The summed E-state index contributed by atoms with van der Waals surface area (Å²) in [6.45, 7) is 2.79. The number of hydrogen-bond donors (Lipinski definition) is 3. The highest BCUT2D eigenvalue weighted by atomic mass is 19.1. The third-order valence-corrected chi connectivity index (χ3v) is 4.79. The maximum absolute atomic E-state index is 13.3. The summed E-state index contributed by atoms with van der Waals surface area (Å²) < 4.78 is 13.3. The fourth-order valence-electron chi connectivity index (χ4n) is 3.42. The van der Waals surface area contributed by atoms with Crippen molar-refractivity contribution in [3.63, 3.8) is 0 Å². The number of pyridine rings is 1. The highest BCUT2D eigenvalue weighted by molar-refractivity contribution is 5.82. The number of aromatic nitrogens is 3. The van der Waals surface area contributed by atoms with Gasteiger partial charge in [0.1, 0.15) is 11.5 Å². The molecule has 0 spiro atoms. The van der Waals surface area contributed by atoms with Crippen molar-refractivity contribution in [2.75, 3.05) is 13.1 Å². The molecule has 5 nitrogen and oxygen atoms in total. The van der Waals surface area contributed by atoms with E-state index in [0.717, 1.165) is 41.2 Å². The molecule has 3 aromatic rings. The van der Waals surface area contributed by atoms with Crippen LogP contribution in [-0.2, 0) is 6.54 Å². The van der Waals surface area contributed by atoms with Gasteiger partial charge in [0.2, 0.25) is 0 Å². The first-order chi connectivity index (χ1) is 12.8. The molecule has 6 heteroatoms. The Morgan fingerprint density at radius 2 is 1.88 bits per heavy atom. The normalized spacial score (nSPS) is 17.3. The Balaban J connectivity index is 1.66. The number of piperidine rings is 1. The average molecular weight is 351 g/mol. The summed E-state index contributed by atoms with van der Waals surface area (Å²) in [5, 5.41) is 14.7. The van der Waals surface area contributed by atoms with Crippen LogP contribution in [0.2, 0.25) is 0 Å². The van der Waals surface area contributed by atoms with Crippen molar-refractivity contribution in [1.29, 1.82) is 0 Å². The SMILES string of the molecule is Fc1ccc(-c2n[nH]c(CNC3CCCNC3)c2-c2ccncc2)cc1. The quantitative estimate of drug-likeness (QED) is 0.661. The summed E-state index contributed by atoms with van der Waals surface area (Å²) >= 11 is 0. The average Bonchev–Trinajstić information content (AvgIpc) is 3.12. The van der Waals surface area contributed by atoms with Gasteiger partial charge in [-0.25, -0.2) is 4.39 Å². The zero-order chi connectivity index (χ0) is 17.8. The van der Waals surface area contributed by atoms with Gasteiger partial charge in [-0.3, -0.25) is 10.1 Å². The second-order valence-electron chi connectivity index (χ2n) is 6.59. The summed E-state index contributed by atoms with van der Waals surface area (Å²) in [7, 11) is 0. The van der Waals surface area contributed by atoms with E-state index in [1.54, 1.807) is 24.5 Å². The van der Waals surface area contributed by atoms with E-state index >= 15 is 0 Å². The molecule has 1 atom stereocenters. The third kappa shape index (κ3) is 3.66. The lowest BCUT2D eigenvalue weighted by Gasteiger charge is -2.23. The lowest BCUT2D eigenvalue weighted by atomic mass is 9.99. The van der Waals surface area contributed by atoms with Crippen molar-refractivity contribution < 1.29 is 4.39 Å². The molecule has 0 bridgehead atoms. The number of benzene rings is 1. The molecule has 0 saturated carbocycles. The smallest absolute Gasteiger partial charge is 0.123 e. The maximum Gasteiger partial charge on any atom is 0.123 e. The van der Waals surface area contributed by atoms with E-state index in [9.17, 15) is 4.39 Å². The highest BCUT2D eigenvalue weighted by Gasteiger charge is 2.18. The van der Waals surface area contributed by atoms with Crippen molar-refractivity contribution >= 4 is 0 Å².